The Morgan fingerprint density at radius 1 is 1.36 bits per heavy atom. The van der Waals surface area contributed by atoms with E-state index >= 15 is 0 Å². The van der Waals surface area contributed by atoms with Crippen LogP contribution in [0.25, 0.3) is 0 Å². The van der Waals surface area contributed by atoms with Gasteiger partial charge in [0.2, 0.25) is 0 Å². The molecule has 1 aliphatic carbocycles. The Labute approximate surface area is 65.7 Å². The van der Waals surface area contributed by atoms with E-state index in [1.54, 1.807) is 0 Å². The highest BCUT2D eigenvalue weighted by atomic mass is 16.7. The van der Waals surface area contributed by atoms with Crippen LogP contribution in [0.15, 0.2) is 0 Å². The van der Waals surface area contributed by atoms with Crippen molar-refractivity contribution in [1.29, 1.82) is 0 Å². The van der Waals surface area contributed by atoms with Crippen molar-refractivity contribution in [2.45, 2.75) is 25.0 Å². The fourth-order valence-electron chi connectivity index (χ4n) is 1.97. The smallest absolute Gasteiger partial charge is 0.177 e. The van der Waals surface area contributed by atoms with Crippen LogP contribution in [0.1, 0.15) is 19.3 Å². The number of aldehydes is 1. The minimum atomic E-state index is -0.512. The summed E-state index contributed by atoms with van der Waals surface area (Å²) in [5.74, 6) is -0.535. The van der Waals surface area contributed by atoms with Crippen LogP contribution < -0.4 is 0 Å². The van der Waals surface area contributed by atoms with Crippen LogP contribution in [-0.4, -0.2) is 25.3 Å². The summed E-state index contributed by atoms with van der Waals surface area (Å²) in [7, 11) is 0. The predicted molar refractivity (Wildman–Crippen MR) is 38.0 cm³/mol. The van der Waals surface area contributed by atoms with Crippen molar-refractivity contribution in [3.63, 3.8) is 0 Å². The van der Waals surface area contributed by atoms with Crippen molar-refractivity contribution in [2.24, 2.45) is 5.92 Å². The first-order valence-corrected chi connectivity index (χ1v) is 4.11. The van der Waals surface area contributed by atoms with Crippen molar-refractivity contribution in [3.8, 4) is 0 Å². The molecule has 0 radical (unpaired) electrons. The lowest BCUT2D eigenvalue weighted by Crippen LogP contribution is -2.35. The third kappa shape index (κ3) is 0.993. The second kappa shape index (κ2) is 2.57. The quantitative estimate of drug-likeness (QED) is 0.525. The van der Waals surface area contributed by atoms with E-state index < -0.39 is 5.79 Å². The number of carbonyl (C=O) groups excluding carboxylic acids is 1. The molecule has 3 nitrogen and oxygen atoms in total. The van der Waals surface area contributed by atoms with Gasteiger partial charge in [0.15, 0.2) is 5.79 Å². The highest BCUT2D eigenvalue weighted by Crippen LogP contribution is 2.40. The molecule has 11 heavy (non-hydrogen) atoms. The van der Waals surface area contributed by atoms with Gasteiger partial charge in [-0.25, -0.2) is 0 Å². The van der Waals surface area contributed by atoms with Gasteiger partial charge in [0.25, 0.3) is 0 Å². The third-order valence-electron chi connectivity index (χ3n) is 2.55. The summed E-state index contributed by atoms with van der Waals surface area (Å²) < 4.78 is 10.9. The van der Waals surface area contributed by atoms with Gasteiger partial charge < -0.3 is 14.3 Å². The zero-order valence-corrected chi connectivity index (χ0v) is 6.41. The Hall–Kier alpha value is -0.410. The molecule has 0 aromatic carbocycles. The maximum atomic E-state index is 10.6. The first kappa shape index (κ1) is 7.25. The Kier molecular flexibility index (Phi) is 1.69. The van der Waals surface area contributed by atoms with Gasteiger partial charge in [-0.15, -0.1) is 0 Å². The van der Waals surface area contributed by atoms with E-state index in [0.29, 0.717) is 13.2 Å². The van der Waals surface area contributed by atoms with E-state index in [9.17, 15) is 4.79 Å². The molecule has 62 valence electrons. The van der Waals surface area contributed by atoms with E-state index in [4.69, 9.17) is 9.47 Å². The summed E-state index contributed by atoms with van der Waals surface area (Å²) in [6, 6.07) is 0. The monoisotopic (exact) mass is 156 g/mol. The summed E-state index contributed by atoms with van der Waals surface area (Å²) in [4.78, 5) is 10.6. The molecule has 0 N–H and O–H groups in total. The summed E-state index contributed by atoms with van der Waals surface area (Å²) in [6.07, 6.45) is 3.82. The van der Waals surface area contributed by atoms with Crippen LogP contribution in [0, 0.1) is 5.92 Å². The highest BCUT2D eigenvalue weighted by Gasteiger charge is 2.47. The maximum absolute atomic E-state index is 10.6. The molecule has 1 heterocycles. The largest absolute Gasteiger partial charge is 0.347 e. The highest BCUT2D eigenvalue weighted by molar-refractivity contribution is 5.56. The second-order valence-electron chi connectivity index (χ2n) is 3.14. The van der Waals surface area contributed by atoms with Crippen molar-refractivity contribution in [3.05, 3.63) is 0 Å². The molecule has 0 aromatic rings. The van der Waals surface area contributed by atoms with Gasteiger partial charge in [0.05, 0.1) is 19.1 Å². The average molecular weight is 156 g/mol. The molecule has 2 fully saturated rings. The number of hydrogen-bond acceptors (Lipinski definition) is 3. The van der Waals surface area contributed by atoms with Crippen molar-refractivity contribution < 1.29 is 14.3 Å². The van der Waals surface area contributed by atoms with E-state index in [2.05, 4.69) is 0 Å². The van der Waals surface area contributed by atoms with E-state index in [1.165, 1.54) is 0 Å². The fraction of sp³-hybridized carbons (Fsp3) is 0.875. The van der Waals surface area contributed by atoms with Gasteiger partial charge >= 0.3 is 0 Å². The van der Waals surface area contributed by atoms with Crippen molar-refractivity contribution >= 4 is 6.29 Å². The SMILES string of the molecule is O=C[C@@H]1CCCC12OCCO2. The lowest BCUT2D eigenvalue weighted by atomic mass is 10.1. The van der Waals surface area contributed by atoms with E-state index in [1.807, 2.05) is 0 Å². The van der Waals surface area contributed by atoms with Crippen LogP contribution >= 0.6 is 0 Å². The van der Waals surface area contributed by atoms with Crippen LogP contribution in [-0.2, 0) is 14.3 Å². The molecule has 2 aliphatic rings. The topological polar surface area (TPSA) is 35.5 Å². The molecular formula is C8H12O3. The molecule has 0 amide bonds. The summed E-state index contributed by atoms with van der Waals surface area (Å²) in [6.45, 7) is 1.29. The van der Waals surface area contributed by atoms with Crippen LogP contribution in [0.5, 0.6) is 0 Å². The predicted octanol–water partition coefficient (Wildman–Crippen LogP) is 0.728. The Bertz CT molecular complexity index is 155. The molecule has 1 spiro atoms. The van der Waals surface area contributed by atoms with E-state index in [-0.39, 0.29) is 5.92 Å². The minimum absolute atomic E-state index is 0.0231. The standard InChI is InChI=1S/C8H12O3/c9-6-7-2-1-3-8(7)10-4-5-11-8/h6-7H,1-5H2/t7-/m0/s1. The Balaban J connectivity index is 2.15. The molecule has 0 aromatic heterocycles. The molecule has 3 heteroatoms. The number of ether oxygens (including phenoxy) is 2. The maximum Gasteiger partial charge on any atom is 0.177 e. The molecule has 1 saturated carbocycles. The van der Waals surface area contributed by atoms with E-state index in [0.717, 1.165) is 25.5 Å². The average Bonchev–Trinajstić information content (AvgIpc) is 2.62. The van der Waals surface area contributed by atoms with Crippen LogP contribution in [0.3, 0.4) is 0 Å². The fourth-order valence-corrected chi connectivity index (χ4v) is 1.97. The van der Waals surface area contributed by atoms with Gasteiger partial charge in [-0.3, -0.25) is 0 Å². The van der Waals surface area contributed by atoms with Gasteiger partial charge in [-0.05, 0) is 12.8 Å². The second-order valence-corrected chi connectivity index (χ2v) is 3.14. The first-order valence-electron chi connectivity index (χ1n) is 4.11. The van der Waals surface area contributed by atoms with Crippen LogP contribution in [0.2, 0.25) is 0 Å². The van der Waals surface area contributed by atoms with Crippen molar-refractivity contribution in [2.75, 3.05) is 13.2 Å². The van der Waals surface area contributed by atoms with Gasteiger partial charge in [-0.1, -0.05) is 0 Å². The molecule has 1 saturated heterocycles. The molecule has 0 bridgehead atoms. The number of hydrogen-bond donors (Lipinski definition) is 0. The Morgan fingerprint density at radius 2 is 2.09 bits per heavy atom. The zero-order chi connectivity index (χ0) is 7.73. The molecule has 1 aliphatic heterocycles. The number of carbonyl (C=O) groups is 1. The molecule has 0 unspecified atom stereocenters. The third-order valence-corrected chi connectivity index (χ3v) is 2.55. The van der Waals surface area contributed by atoms with Gasteiger partial charge in [0.1, 0.15) is 6.29 Å². The van der Waals surface area contributed by atoms with Gasteiger partial charge in [-0.2, -0.15) is 0 Å². The van der Waals surface area contributed by atoms with Gasteiger partial charge in [0, 0.05) is 6.42 Å². The summed E-state index contributed by atoms with van der Waals surface area (Å²) >= 11 is 0. The summed E-state index contributed by atoms with van der Waals surface area (Å²) in [5, 5.41) is 0. The lowest BCUT2D eigenvalue weighted by molar-refractivity contribution is -0.179. The normalized spacial score (nSPS) is 34.7. The molecule has 2 rings (SSSR count). The Morgan fingerprint density at radius 3 is 2.73 bits per heavy atom. The first-order chi connectivity index (χ1) is 5.37. The molecular weight excluding hydrogens is 144 g/mol. The zero-order valence-electron chi connectivity index (χ0n) is 6.41. The summed E-state index contributed by atoms with van der Waals surface area (Å²) in [5.41, 5.74) is 0. The van der Waals surface area contributed by atoms with Crippen LogP contribution in [0.4, 0.5) is 0 Å². The lowest BCUT2D eigenvalue weighted by Gasteiger charge is -2.25. The minimum Gasteiger partial charge on any atom is -0.347 e. The number of rotatable bonds is 1. The molecule has 1 atom stereocenters. The van der Waals surface area contributed by atoms with Crippen molar-refractivity contribution in [1.82, 2.24) is 0 Å².